The lowest BCUT2D eigenvalue weighted by molar-refractivity contribution is 0.0232. The van der Waals surface area contributed by atoms with Crippen molar-refractivity contribution in [3.8, 4) is 0 Å². The number of amides is 1. The van der Waals surface area contributed by atoms with E-state index < -0.39 is 5.60 Å². The topological polar surface area (TPSA) is 42.4 Å². The molecule has 4 nitrogen and oxygen atoms in total. The maximum atomic E-state index is 12.5. The number of nitrogens with zero attached hydrogens (tertiary/aromatic N) is 2. The van der Waals surface area contributed by atoms with E-state index in [1.165, 1.54) is 0 Å². The average Bonchev–Trinajstić information content (AvgIpc) is 2.49. The van der Waals surface area contributed by atoms with Crippen molar-refractivity contribution in [3.63, 3.8) is 0 Å². The molecule has 1 amide bonds. The summed E-state index contributed by atoms with van der Waals surface area (Å²) < 4.78 is 5.55. The summed E-state index contributed by atoms with van der Waals surface area (Å²) in [6, 6.07) is 8.12. The van der Waals surface area contributed by atoms with E-state index in [-0.39, 0.29) is 6.09 Å². The molecule has 1 aromatic heterocycles. The van der Waals surface area contributed by atoms with Gasteiger partial charge < -0.3 is 9.64 Å². The van der Waals surface area contributed by atoms with E-state index in [1.54, 1.807) is 11.1 Å². The molecule has 2 rings (SSSR count). The fourth-order valence-electron chi connectivity index (χ4n) is 2.43. The molecule has 0 N–H and O–H groups in total. The van der Waals surface area contributed by atoms with Crippen LogP contribution in [0.2, 0.25) is 0 Å². The van der Waals surface area contributed by atoms with Crippen molar-refractivity contribution in [1.29, 1.82) is 0 Å². The molecule has 0 aliphatic carbocycles. The number of carbonyl (C=O) groups excluding carboxylic acids is 1. The van der Waals surface area contributed by atoms with Gasteiger partial charge in [-0.1, -0.05) is 31.5 Å². The zero-order chi connectivity index (χ0) is 16.9. The van der Waals surface area contributed by atoms with Crippen LogP contribution in [0.3, 0.4) is 0 Å². The summed E-state index contributed by atoms with van der Waals surface area (Å²) in [5, 5.41) is 2.22. The largest absolute Gasteiger partial charge is 0.444 e. The molecular weight excluding hydrogens is 288 g/mol. The van der Waals surface area contributed by atoms with Gasteiger partial charge in [0.25, 0.3) is 0 Å². The molecular formula is C19H26N2O2. The highest BCUT2D eigenvalue weighted by Crippen LogP contribution is 2.20. The molecule has 23 heavy (non-hydrogen) atoms. The average molecular weight is 314 g/mol. The summed E-state index contributed by atoms with van der Waals surface area (Å²) in [6.45, 7) is 9.04. The molecule has 0 radical (unpaired) electrons. The minimum atomic E-state index is -0.484. The second-order valence-corrected chi connectivity index (χ2v) is 6.77. The van der Waals surface area contributed by atoms with Gasteiger partial charge in [-0.2, -0.15) is 0 Å². The fourth-order valence-corrected chi connectivity index (χ4v) is 2.43. The first-order valence-corrected chi connectivity index (χ1v) is 8.20. The molecule has 4 heteroatoms. The fraction of sp³-hybridized carbons (Fsp3) is 0.474. The zero-order valence-electron chi connectivity index (χ0n) is 14.5. The van der Waals surface area contributed by atoms with Crippen LogP contribution in [0.15, 0.2) is 36.7 Å². The maximum Gasteiger partial charge on any atom is 0.410 e. The van der Waals surface area contributed by atoms with Crippen LogP contribution in [0.1, 0.15) is 46.1 Å². The molecule has 0 bridgehead atoms. The SMILES string of the molecule is CCCCN(Cc1cccc2ccncc12)C(=O)OC(C)(C)C. The van der Waals surface area contributed by atoms with Crippen LogP contribution in [0, 0.1) is 0 Å². The Kier molecular flexibility index (Phi) is 5.59. The lowest BCUT2D eigenvalue weighted by Gasteiger charge is -2.27. The zero-order valence-corrected chi connectivity index (χ0v) is 14.5. The van der Waals surface area contributed by atoms with Crippen molar-refractivity contribution < 1.29 is 9.53 Å². The van der Waals surface area contributed by atoms with Crippen LogP contribution in [-0.4, -0.2) is 28.1 Å². The number of unbranched alkanes of at least 4 members (excludes halogenated alkanes) is 1. The quantitative estimate of drug-likeness (QED) is 0.798. The van der Waals surface area contributed by atoms with Gasteiger partial charge in [0.2, 0.25) is 0 Å². The number of ether oxygens (including phenoxy) is 1. The Balaban J connectivity index is 2.24. The van der Waals surface area contributed by atoms with Gasteiger partial charge in [-0.15, -0.1) is 0 Å². The predicted octanol–water partition coefficient (Wildman–Crippen LogP) is 4.77. The van der Waals surface area contributed by atoms with E-state index in [2.05, 4.69) is 18.0 Å². The van der Waals surface area contributed by atoms with Crippen LogP contribution in [-0.2, 0) is 11.3 Å². The first kappa shape index (κ1) is 17.3. The number of fused-ring (bicyclic) bond motifs is 1. The monoisotopic (exact) mass is 314 g/mol. The third-order valence-electron chi connectivity index (χ3n) is 3.57. The predicted molar refractivity (Wildman–Crippen MR) is 93.3 cm³/mol. The summed E-state index contributed by atoms with van der Waals surface area (Å²) in [4.78, 5) is 18.5. The molecule has 0 aliphatic heterocycles. The summed E-state index contributed by atoms with van der Waals surface area (Å²) in [5.41, 5.74) is 0.611. The Morgan fingerprint density at radius 2 is 2.04 bits per heavy atom. The Morgan fingerprint density at radius 1 is 1.26 bits per heavy atom. The van der Waals surface area contributed by atoms with Gasteiger partial charge >= 0.3 is 6.09 Å². The van der Waals surface area contributed by atoms with Crippen LogP contribution < -0.4 is 0 Å². The number of carbonyl (C=O) groups is 1. The molecule has 0 aliphatic rings. The van der Waals surface area contributed by atoms with Crippen LogP contribution >= 0.6 is 0 Å². The van der Waals surface area contributed by atoms with Gasteiger partial charge in [0.05, 0.1) is 0 Å². The molecule has 124 valence electrons. The van der Waals surface area contributed by atoms with Gasteiger partial charge in [0.15, 0.2) is 0 Å². The van der Waals surface area contributed by atoms with Crippen molar-refractivity contribution in [1.82, 2.24) is 9.88 Å². The van der Waals surface area contributed by atoms with E-state index in [4.69, 9.17) is 4.74 Å². The highest BCUT2D eigenvalue weighted by atomic mass is 16.6. The lowest BCUT2D eigenvalue weighted by Crippen LogP contribution is -2.37. The molecule has 0 saturated carbocycles. The van der Waals surface area contributed by atoms with Crippen LogP contribution in [0.4, 0.5) is 4.79 Å². The third kappa shape index (κ3) is 4.95. The van der Waals surface area contributed by atoms with Crippen molar-refractivity contribution in [2.75, 3.05) is 6.54 Å². The first-order valence-electron chi connectivity index (χ1n) is 8.20. The lowest BCUT2D eigenvalue weighted by atomic mass is 10.1. The summed E-state index contributed by atoms with van der Waals surface area (Å²) in [6.07, 6.45) is 5.39. The number of hydrogen-bond donors (Lipinski definition) is 0. The Morgan fingerprint density at radius 3 is 2.74 bits per heavy atom. The van der Waals surface area contributed by atoms with Crippen LogP contribution in [0.25, 0.3) is 10.8 Å². The molecule has 0 atom stereocenters. The number of aromatic nitrogens is 1. The van der Waals surface area contributed by atoms with E-state index in [0.717, 1.165) is 29.2 Å². The highest BCUT2D eigenvalue weighted by Gasteiger charge is 2.22. The summed E-state index contributed by atoms with van der Waals surface area (Å²) >= 11 is 0. The van der Waals surface area contributed by atoms with E-state index in [1.807, 2.05) is 45.2 Å². The molecule has 0 spiro atoms. The standard InChI is InChI=1S/C19H26N2O2/c1-5-6-12-21(18(22)23-19(2,3)4)14-16-9-7-8-15-10-11-20-13-17(15)16/h7-11,13H,5-6,12,14H2,1-4H3. The minimum absolute atomic E-state index is 0.258. The Bertz CT molecular complexity index is 656. The summed E-state index contributed by atoms with van der Waals surface area (Å²) in [7, 11) is 0. The van der Waals surface area contributed by atoms with Gasteiger partial charge in [-0.3, -0.25) is 4.98 Å². The molecule has 0 fully saturated rings. The Labute approximate surface area is 138 Å². The molecule has 2 aromatic rings. The minimum Gasteiger partial charge on any atom is -0.444 e. The highest BCUT2D eigenvalue weighted by molar-refractivity contribution is 5.85. The second-order valence-electron chi connectivity index (χ2n) is 6.77. The smallest absolute Gasteiger partial charge is 0.410 e. The number of pyridine rings is 1. The number of hydrogen-bond acceptors (Lipinski definition) is 3. The van der Waals surface area contributed by atoms with E-state index in [9.17, 15) is 4.79 Å². The first-order chi connectivity index (χ1) is 10.9. The maximum absolute atomic E-state index is 12.5. The third-order valence-corrected chi connectivity index (χ3v) is 3.57. The van der Waals surface area contributed by atoms with Gasteiger partial charge in [0.1, 0.15) is 5.60 Å². The van der Waals surface area contributed by atoms with Gasteiger partial charge in [-0.25, -0.2) is 4.79 Å². The van der Waals surface area contributed by atoms with Crippen molar-refractivity contribution in [2.24, 2.45) is 0 Å². The second kappa shape index (κ2) is 7.44. The number of benzene rings is 1. The van der Waals surface area contributed by atoms with E-state index in [0.29, 0.717) is 13.1 Å². The number of rotatable bonds is 5. The van der Waals surface area contributed by atoms with Crippen molar-refractivity contribution in [2.45, 2.75) is 52.7 Å². The van der Waals surface area contributed by atoms with Crippen molar-refractivity contribution >= 4 is 16.9 Å². The van der Waals surface area contributed by atoms with Crippen LogP contribution in [0.5, 0.6) is 0 Å². The molecule has 0 unspecified atom stereocenters. The summed E-state index contributed by atoms with van der Waals surface area (Å²) in [5.74, 6) is 0. The Hall–Kier alpha value is -2.10. The molecule has 1 aromatic carbocycles. The van der Waals surface area contributed by atoms with E-state index >= 15 is 0 Å². The normalized spacial score (nSPS) is 11.5. The van der Waals surface area contributed by atoms with Gasteiger partial charge in [-0.05, 0) is 44.2 Å². The molecule has 0 saturated heterocycles. The molecule has 1 heterocycles. The van der Waals surface area contributed by atoms with Crippen molar-refractivity contribution in [3.05, 3.63) is 42.2 Å². The van der Waals surface area contributed by atoms with Gasteiger partial charge in [0, 0.05) is 30.9 Å².